The molecule has 1 fully saturated rings. The number of methoxy groups -OCH3 is 1. The third-order valence-electron chi connectivity index (χ3n) is 4.24. The molecule has 0 saturated carbocycles. The second-order valence-electron chi connectivity index (χ2n) is 6.20. The molecule has 164 valence electrons. The topological polar surface area (TPSA) is 156 Å². The standard InChI is InChI=1S/C17H22N4O8S/c1-10(12-5-7-13(27-3)8-6-12)19-29-9-14(20-28-4)16(22)18-15-11(2)21(17(15)23)30(24,25)26/h5-8,11,15H,9H2,1-4H3,(H,18,22)(H,24,25,26)/b19-10+,20-14-/t11-,15-/m0/s1. The summed E-state index contributed by atoms with van der Waals surface area (Å²) in [6.07, 6.45) is 0. The summed E-state index contributed by atoms with van der Waals surface area (Å²) < 4.78 is 36.6. The summed E-state index contributed by atoms with van der Waals surface area (Å²) >= 11 is 0. The monoisotopic (exact) mass is 442 g/mol. The number of benzene rings is 1. The first-order valence-electron chi connectivity index (χ1n) is 8.62. The van der Waals surface area contributed by atoms with E-state index in [-0.39, 0.29) is 16.6 Å². The van der Waals surface area contributed by atoms with E-state index in [0.29, 0.717) is 11.5 Å². The third-order valence-corrected chi connectivity index (χ3v) is 5.25. The first-order valence-corrected chi connectivity index (χ1v) is 10.0. The predicted molar refractivity (Wildman–Crippen MR) is 105 cm³/mol. The number of nitrogens with one attached hydrogen (secondary N) is 1. The van der Waals surface area contributed by atoms with Gasteiger partial charge in [-0.15, -0.1) is 0 Å². The molecule has 13 heteroatoms. The van der Waals surface area contributed by atoms with Crippen LogP contribution in [0.2, 0.25) is 0 Å². The smallest absolute Gasteiger partial charge is 0.362 e. The number of nitrogens with zero attached hydrogens (tertiary/aromatic N) is 3. The molecule has 2 N–H and O–H groups in total. The molecule has 0 unspecified atom stereocenters. The number of rotatable bonds is 9. The van der Waals surface area contributed by atoms with Crippen LogP contribution in [0.15, 0.2) is 34.6 Å². The summed E-state index contributed by atoms with van der Waals surface area (Å²) in [6.45, 7) is 2.68. The lowest BCUT2D eigenvalue weighted by molar-refractivity contribution is -0.144. The van der Waals surface area contributed by atoms with Gasteiger partial charge in [0.1, 0.15) is 18.9 Å². The minimum atomic E-state index is -4.69. The van der Waals surface area contributed by atoms with Crippen LogP contribution >= 0.6 is 0 Å². The maximum absolute atomic E-state index is 12.4. The first-order chi connectivity index (χ1) is 14.1. The van der Waals surface area contributed by atoms with E-state index in [2.05, 4.69) is 20.5 Å². The SMILES string of the molecule is CO/N=C(/CO/N=C(\C)c1ccc(OC)cc1)C(=O)N[C@@H]1C(=O)N(S(=O)(=O)O)[C@H]1C. The van der Waals surface area contributed by atoms with E-state index < -0.39 is 34.2 Å². The van der Waals surface area contributed by atoms with Gasteiger partial charge in [-0.05, 0) is 43.7 Å². The molecule has 30 heavy (non-hydrogen) atoms. The van der Waals surface area contributed by atoms with Gasteiger partial charge in [0.15, 0.2) is 12.3 Å². The average Bonchev–Trinajstić information content (AvgIpc) is 2.70. The molecule has 0 radical (unpaired) electrons. The normalized spacial score (nSPS) is 19.8. The second-order valence-corrected chi connectivity index (χ2v) is 7.49. The van der Waals surface area contributed by atoms with Crippen LogP contribution in [0.3, 0.4) is 0 Å². The molecule has 2 amide bonds. The van der Waals surface area contributed by atoms with Crippen LogP contribution < -0.4 is 10.1 Å². The van der Waals surface area contributed by atoms with Crippen molar-refractivity contribution in [3.8, 4) is 5.75 Å². The predicted octanol–water partition coefficient (Wildman–Crippen LogP) is -0.0435. The van der Waals surface area contributed by atoms with Crippen LogP contribution in [0.4, 0.5) is 0 Å². The minimum absolute atomic E-state index is 0.228. The fourth-order valence-electron chi connectivity index (χ4n) is 2.65. The molecular formula is C17H22N4O8S. The number of oxime groups is 2. The Hall–Kier alpha value is -3.19. The molecule has 1 saturated heterocycles. The summed E-state index contributed by atoms with van der Waals surface area (Å²) in [7, 11) is -1.92. The molecule has 2 atom stereocenters. The molecule has 0 spiro atoms. The highest BCUT2D eigenvalue weighted by Crippen LogP contribution is 2.22. The minimum Gasteiger partial charge on any atom is -0.497 e. The summed E-state index contributed by atoms with van der Waals surface area (Å²) in [5.41, 5.74) is 1.07. The highest BCUT2D eigenvalue weighted by molar-refractivity contribution is 7.84. The van der Waals surface area contributed by atoms with E-state index in [1.54, 1.807) is 38.3 Å². The molecule has 1 aliphatic heterocycles. The van der Waals surface area contributed by atoms with Crippen molar-refractivity contribution < 1.29 is 37.0 Å². The Bertz CT molecular complexity index is 958. The number of hydrogen-bond donors (Lipinski definition) is 2. The maximum Gasteiger partial charge on any atom is 0.362 e. The van der Waals surface area contributed by atoms with Crippen molar-refractivity contribution in [2.24, 2.45) is 10.3 Å². The molecule has 1 heterocycles. The van der Waals surface area contributed by atoms with Crippen molar-refractivity contribution in [2.75, 3.05) is 20.8 Å². The molecule has 1 aromatic carbocycles. The van der Waals surface area contributed by atoms with Gasteiger partial charge < -0.3 is 19.7 Å². The number of amides is 2. The zero-order chi connectivity index (χ0) is 22.5. The summed E-state index contributed by atoms with van der Waals surface area (Å²) in [4.78, 5) is 34.0. The zero-order valence-corrected chi connectivity index (χ0v) is 17.5. The quantitative estimate of drug-likeness (QED) is 0.233. The van der Waals surface area contributed by atoms with E-state index in [9.17, 15) is 18.0 Å². The van der Waals surface area contributed by atoms with Crippen LogP contribution in [0.25, 0.3) is 0 Å². The maximum atomic E-state index is 12.4. The van der Waals surface area contributed by atoms with Gasteiger partial charge >= 0.3 is 10.3 Å². The van der Waals surface area contributed by atoms with Gasteiger partial charge in [-0.3, -0.25) is 14.1 Å². The summed E-state index contributed by atoms with van der Waals surface area (Å²) in [6, 6.07) is 4.96. The van der Waals surface area contributed by atoms with Crippen molar-refractivity contribution in [3.63, 3.8) is 0 Å². The van der Waals surface area contributed by atoms with Crippen molar-refractivity contribution in [2.45, 2.75) is 25.9 Å². The highest BCUT2D eigenvalue weighted by Gasteiger charge is 2.51. The van der Waals surface area contributed by atoms with Gasteiger partial charge in [0, 0.05) is 0 Å². The fourth-order valence-corrected chi connectivity index (χ4v) is 3.53. The lowest BCUT2D eigenvalue weighted by Gasteiger charge is -2.42. The van der Waals surface area contributed by atoms with Crippen molar-refractivity contribution >= 4 is 33.5 Å². The highest BCUT2D eigenvalue weighted by atomic mass is 32.2. The summed E-state index contributed by atoms with van der Waals surface area (Å²) in [5.74, 6) is -1.09. The zero-order valence-electron chi connectivity index (χ0n) is 16.7. The third kappa shape index (κ3) is 5.24. The fraction of sp³-hybridized carbons (Fsp3) is 0.412. The lowest BCUT2D eigenvalue weighted by Crippen LogP contribution is -2.71. The van der Waals surface area contributed by atoms with E-state index in [4.69, 9.17) is 14.1 Å². The molecule has 2 rings (SSSR count). The Morgan fingerprint density at radius 2 is 1.87 bits per heavy atom. The average molecular weight is 442 g/mol. The number of carbonyl (C=O) groups excluding carboxylic acids is 2. The largest absolute Gasteiger partial charge is 0.497 e. The molecular weight excluding hydrogens is 420 g/mol. The van der Waals surface area contributed by atoms with Gasteiger partial charge in [-0.2, -0.15) is 8.42 Å². The van der Waals surface area contributed by atoms with Crippen LogP contribution in [0.5, 0.6) is 5.75 Å². The second kappa shape index (κ2) is 9.54. The van der Waals surface area contributed by atoms with E-state index in [0.717, 1.165) is 5.56 Å². The van der Waals surface area contributed by atoms with Gasteiger partial charge in [0.25, 0.3) is 11.8 Å². The van der Waals surface area contributed by atoms with Gasteiger partial charge in [-0.25, -0.2) is 4.31 Å². The summed E-state index contributed by atoms with van der Waals surface area (Å²) in [5, 5.41) is 9.79. The Labute approximate surface area is 173 Å². The van der Waals surface area contributed by atoms with Crippen molar-refractivity contribution in [1.29, 1.82) is 0 Å². The van der Waals surface area contributed by atoms with Crippen molar-refractivity contribution in [1.82, 2.24) is 9.62 Å². The Morgan fingerprint density at radius 3 is 2.37 bits per heavy atom. The van der Waals surface area contributed by atoms with Crippen molar-refractivity contribution in [3.05, 3.63) is 29.8 Å². The van der Waals surface area contributed by atoms with E-state index in [1.165, 1.54) is 14.0 Å². The van der Waals surface area contributed by atoms with E-state index in [1.807, 2.05) is 0 Å². The molecule has 1 aromatic rings. The van der Waals surface area contributed by atoms with Gasteiger partial charge in [0.05, 0.1) is 18.9 Å². The van der Waals surface area contributed by atoms with Gasteiger partial charge in [-0.1, -0.05) is 10.3 Å². The molecule has 0 aliphatic carbocycles. The number of β-lactam (4-membered cyclic amide) rings is 1. The molecule has 1 aliphatic rings. The van der Waals surface area contributed by atoms with E-state index >= 15 is 0 Å². The first kappa shape index (κ1) is 23.1. The molecule has 12 nitrogen and oxygen atoms in total. The van der Waals surface area contributed by atoms with Crippen LogP contribution in [0.1, 0.15) is 19.4 Å². The Morgan fingerprint density at radius 1 is 1.23 bits per heavy atom. The number of ether oxygens (including phenoxy) is 1. The van der Waals surface area contributed by atoms with Crippen LogP contribution in [-0.4, -0.2) is 73.4 Å². The molecule has 0 bridgehead atoms. The lowest BCUT2D eigenvalue weighted by atomic mass is 10.0. The van der Waals surface area contributed by atoms with Gasteiger partial charge in [0.2, 0.25) is 0 Å². The Kier molecular flexibility index (Phi) is 7.34. The Balaban J connectivity index is 1.98. The van der Waals surface area contributed by atoms with Crippen LogP contribution in [0, 0.1) is 0 Å². The number of carbonyl (C=O) groups is 2. The number of hydrogen-bond acceptors (Lipinski definition) is 9. The molecule has 0 aromatic heterocycles. The van der Waals surface area contributed by atoms with Crippen LogP contribution in [-0.2, 0) is 29.6 Å².